The van der Waals surface area contributed by atoms with E-state index in [1.807, 2.05) is 13.8 Å². The Kier molecular flexibility index (Phi) is 6.19. The summed E-state index contributed by atoms with van der Waals surface area (Å²) in [6.45, 7) is 3.61. The number of halogens is 2. The monoisotopic (exact) mass is 478 g/mol. The summed E-state index contributed by atoms with van der Waals surface area (Å²) in [6.07, 6.45) is 1.59. The molecule has 0 aliphatic carbocycles. The summed E-state index contributed by atoms with van der Waals surface area (Å²) in [7, 11) is 0. The van der Waals surface area contributed by atoms with E-state index in [4.69, 9.17) is 16.3 Å². The highest BCUT2D eigenvalue weighted by Crippen LogP contribution is 2.31. The Morgan fingerprint density at radius 2 is 2.03 bits per heavy atom. The van der Waals surface area contributed by atoms with Gasteiger partial charge in [0.1, 0.15) is 18.0 Å². The zero-order chi connectivity index (χ0) is 21.1. The van der Waals surface area contributed by atoms with Gasteiger partial charge in [-0.25, -0.2) is 0 Å². The van der Waals surface area contributed by atoms with Crippen molar-refractivity contribution in [3.63, 3.8) is 0 Å². The molecule has 1 heterocycles. The minimum absolute atomic E-state index is 0.0350. The minimum Gasteiger partial charge on any atom is -0.457 e. The number of carbonyl (C=O) groups is 1. The van der Waals surface area contributed by atoms with Crippen LogP contribution in [0.3, 0.4) is 0 Å². The van der Waals surface area contributed by atoms with Gasteiger partial charge in [0.05, 0.1) is 33.0 Å². The molecule has 10 heteroatoms. The number of non-ortho nitro benzene ring substituents is 1. The first kappa shape index (κ1) is 20.8. The van der Waals surface area contributed by atoms with E-state index in [1.54, 1.807) is 24.4 Å². The third kappa shape index (κ3) is 5.12. The Bertz CT molecular complexity index is 1100. The number of nitro groups is 1. The number of amides is 1. The Hall–Kier alpha value is -2.91. The zero-order valence-electron chi connectivity index (χ0n) is 15.5. The molecule has 0 aliphatic rings. The van der Waals surface area contributed by atoms with Crippen LogP contribution in [-0.2, 0) is 11.3 Å². The van der Waals surface area contributed by atoms with Crippen molar-refractivity contribution < 1.29 is 14.5 Å². The molecule has 29 heavy (non-hydrogen) atoms. The van der Waals surface area contributed by atoms with Gasteiger partial charge in [0.2, 0.25) is 5.91 Å². The van der Waals surface area contributed by atoms with Crippen molar-refractivity contribution in [2.45, 2.75) is 20.4 Å². The fourth-order valence-corrected chi connectivity index (χ4v) is 2.97. The summed E-state index contributed by atoms with van der Waals surface area (Å²) in [6, 6.07) is 9.12. The summed E-state index contributed by atoms with van der Waals surface area (Å²) in [5.41, 5.74) is 1.64. The van der Waals surface area contributed by atoms with Crippen molar-refractivity contribution >= 4 is 44.8 Å². The van der Waals surface area contributed by atoms with Gasteiger partial charge >= 0.3 is 0 Å². The van der Waals surface area contributed by atoms with E-state index >= 15 is 0 Å². The normalized spacial score (nSPS) is 10.6. The van der Waals surface area contributed by atoms with Crippen LogP contribution in [0.1, 0.15) is 11.3 Å². The number of aromatic nitrogens is 2. The van der Waals surface area contributed by atoms with E-state index in [-0.39, 0.29) is 29.6 Å². The van der Waals surface area contributed by atoms with Crippen LogP contribution in [0.25, 0.3) is 0 Å². The maximum Gasteiger partial charge on any atom is 0.275 e. The molecule has 2 aromatic carbocycles. The molecular formula is C19H16BrClN4O4. The minimum atomic E-state index is -0.551. The van der Waals surface area contributed by atoms with Crippen LogP contribution >= 0.6 is 27.5 Å². The van der Waals surface area contributed by atoms with Gasteiger partial charge in [0.15, 0.2) is 0 Å². The average molecular weight is 480 g/mol. The lowest BCUT2D eigenvalue weighted by Crippen LogP contribution is -2.20. The Balaban J connectivity index is 1.82. The van der Waals surface area contributed by atoms with E-state index in [2.05, 4.69) is 26.3 Å². The van der Waals surface area contributed by atoms with Gasteiger partial charge in [-0.15, -0.1) is 0 Å². The average Bonchev–Trinajstić information content (AvgIpc) is 2.96. The van der Waals surface area contributed by atoms with Crippen LogP contribution in [0.2, 0.25) is 5.02 Å². The molecular weight excluding hydrogens is 464 g/mol. The number of hydrogen-bond acceptors (Lipinski definition) is 5. The molecule has 0 spiro atoms. The first-order chi connectivity index (χ1) is 13.7. The van der Waals surface area contributed by atoms with Gasteiger partial charge in [0.25, 0.3) is 5.69 Å². The molecule has 1 amide bonds. The number of hydrogen-bond donors (Lipinski definition) is 1. The van der Waals surface area contributed by atoms with Crippen molar-refractivity contribution in [1.82, 2.24) is 9.78 Å². The first-order valence-electron chi connectivity index (χ1n) is 8.44. The third-order valence-electron chi connectivity index (χ3n) is 4.09. The maximum absolute atomic E-state index is 12.4. The molecule has 0 atom stereocenters. The molecule has 1 N–H and O–H groups in total. The molecule has 8 nitrogen and oxygen atoms in total. The lowest BCUT2D eigenvalue weighted by molar-refractivity contribution is -0.384. The highest BCUT2D eigenvalue weighted by atomic mass is 79.9. The second-order valence-electron chi connectivity index (χ2n) is 6.27. The van der Waals surface area contributed by atoms with Gasteiger partial charge in [-0.05, 0) is 53.5 Å². The smallest absolute Gasteiger partial charge is 0.275 e. The van der Waals surface area contributed by atoms with Crippen LogP contribution in [0.15, 0.2) is 47.1 Å². The van der Waals surface area contributed by atoms with E-state index in [9.17, 15) is 14.9 Å². The van der Waals surface area contributed by atoms with Crippen molar-refractivity contribution in [2.75, 3.05) is 5.32 Å². The van der Waals surface area contributed by atoms with Crippen LogP contribution in [0, 0.1) is 24.0 Å². The molecule has 0 fully saturated rings. The number of nitrogens with zero attached hydrogens (tertiary/aromatic N) is 3. The number of nitrogens with one attached hydrogen (secondary N) is 1. The van der Waals surface area contributed by atoms with Gasteiger partial charge in [-0.3, -0.25) is 19.6 Å². The largest absolute Gasteiger partial charge is 0.457 e. The second-order valence-corrected chi connectivity index (χ2v) is 7.53. The Labute approximate surface area is 179 Å². The van der Waals surface area contributed by atoms with E-state index in [0.717, 1.165) is 15.7 Å². The number of benzene rings is 2. The van der Waals surface area contributed by atoms with Gasteiger partial charge in [-0.1, -0.05) is 11.6 Å². The van der Waals surface area contributed by atoms with Crippen molar-refractivity contribution in [3.05, 3.63) is 73.5 Å². The molecule has 3 aromatic rings. The molecule has 0 aliphatic heterocycles. The van der Waals surface area contributed by atoms with E-state index < -0.39 is 4.92 Å². The van der Waals surface area contributed by atoms with E-state index in [1.165, 1.54) is 22.9 Å². The molecule has 3 rings (SSSR count). The van der Waals surface area contributed by atoms with Gasteiger partial charge in [0, 0.05) is 17.2 Å². The Morgan fingerprint density at radius 1 is 1.28 bits per heavy atom. The van der Waals surface area contributed by atoms with Crippen molar-refractivity contribution in [3.8, 4) is 11.5 Å². The Morgan fingerprint density at radius 3 is 2.66 bits per heavy atom. The van der Waals surface area contributed by atoms with E-state index in [0.29, 0.717) is 10.8 Å². The summed E-state index contributed by atoms with van der Waals surface area (Å²) >= 11 is 9.34. The predicted octanol–water partition coefficient (Wildman–Crippen LogP) is 5.26. The molecule has 0 saturated carbocycles. The fourth-order valence-electron chi connectivity index (χ4n) is 2.56. The molecule has 0 unspecified atom stereocenters. The lowest BCUT2D eigenvalue weighted by Gasteiger charge is -2.11. The molecule has 1 aromatic heterocycles. The summed E-state index contributed by atoms with van der Waals surface area (Å²) in [5.74, 6) is 0.313. The molecule has 0 saturated heterocycles. The number of nitro benzene ring substituents is 1. The zero-order valence-corrected chi connectivity index (χ0v) is 17.8. The van der Waals surface area contributed by atoms with Crippen molar-refractivity contribution in [2.24, 2.45) is 0 Å². The fraction of sp³-hybridized carbons (Fsp3) is 0.158. The third-order valence-corrected chi connectivity index (χ3v) is 5.29. The standard InChI is InChI=1S/C19H16BrClN4O4/c1-11-5-15(3-4-18(11)21)29-16-7-13(6-14(8-16)25(27)28)23-19(26)10-24-12(2)17(20)9-22-24/h3-9H,10H2,1-2H3,(H,23,26). The number of ether oxygens (including phenoxy) is 1. The second kappa shape index (κ2) is 8.62. The number of anilines is 1. The predicted molar refractivity (Wildman–Crippen MR) is 113 cm³/mol. The molecule has 150 valence electrons. The quantitative estimate of drug-likeness (QED) is 0.384. The van der Waals surface area contributed by atoms with Crippen LogP contribution in [-0.4, -0.2) is 20.6 Å². The highest BCUT2D eigenvalue weighted by molar-refractivity contribution is 9.10. The number of rotatable bonds is 6. The topological polar surface area (TPSA) is 99.3 Å². The lowest BCUT2D eigenvalue weighted by atomic mass is 10.2. The van der Waals surface area contributed by atoms with Crippen LogP contribution in [0.4, 0.5) is 11.4 Å². The SMILES string of the molecule is Cc1cc(Oc2cc(NC(=O)Cn3ncc(Br)c3C)cc([N+](=O)[O-])c2)ccc1Cl. The summed E-state index contributed by atoms with van der Waals surface area (Å²) in [5, 5.41) is 18.6. The maximum atomic E-state index is 12.4. The first-order valence-corrected chi connectivity index (χ1v) is 9.61. The highest BCUT2D eigenvalue weighted by Gasteiger charge is 2.15. The van der Waals surface area contributed by atoms with Crippen LogP contribution in [0.5, 0.6) is 11.5 Å². The summed E-state index contributed by atoms with van der Waals surface area (Å²) in [4.78, 5) is 23.1. The van der Waals surface area contributed by atoms with Gasteiger partial charge < -0.3 is 10.1 Å². The van der Waals surface area contributed by atoms with Gasteiger partial charge in [-0.2, -0.15) is 5.10 Å². The molecule has 0 radical (unpaired) electrons. The summed E-state index contributed by atoms with van der Waals surface area (Å²) < 4.78 is 8.04. The van der Waals surface area contributed by atoms with Crippen molar-refractivity contribution in [1.29, 1.82) is 0 Å². The molecule has 0 bridgehead atoms. The number of aryl methyl sites for hydroxylation is 1. The number of carbonyl (C=O) groups excluding carboxylic acids is 1. The van der Waals surface area contributed by atoms with Crippen LogP contribution < -0.4 is 10.1 Å².